The summed E-state index contributed by atoms with van der Waals surface area (Å²) in [7, 11) is 1.64. The summed E-state index contributed by atoms with van der Waals surface area (Å²) in [5, 5.41) is 9.18. The number of amides is 1. The molecule has 6 nitrogen and oxygen atoms in total. The molecular weight excluding hydrogens is 360 g/mol. The van der Waals surface area contributed by atoms with Crippen LogP contribution in [0.2, 0.25) is 0 Å². The number of nitrogens with zero attached hydrogens (tertiary/aromatic N) is 1. The van der Waals surface area contributed by atoms with E-state index in [9.17, 15) is 4.79 Å². The van der Waals surface area contributed by atoms with E-state index in [1.54, 1.807) is 7.11 Å². The minimum absolute atomic E-state index is 0.0318. The van der Waals surface area contributed by atoms with Gasteiger partial charge in [0.25, 0.3) is 0 Å². The van der Waals surface area contributed by atoms with Crippen LogP contribution in [0.1, 0.15) is 18.9 Å². The Hall–Kier alpha value is -1.60. The highest BCUT2D eigenvalue weighted by Crippen LogP contribution is 2.19. The molecule has 0 aromatic heterocycles. The second-order valence-electron chi connectivity index (χ2n) is 4.94. The molecule has 0 spiro atoms. The third kappa shape index (κ3) is 7.99. The van der Waals surface area contributed by atoms with Gasteiger partial charge in [0.05, 0.1) is 13.2 Å². The highest BCUT2D eigenvalue weighted by Gasteiger charge is 2.05. The molecule has 0 saturated heterocycles. The van der Waals surface area contributed by atoms with Gasteiger partial charge in [0, 0.05) is 36.8 Å². The number of aliphatic imine (C=N–C) groups is 1. The van der Waals surface area contributed by atoms with E-state index in [4.69, 9.17) is 4.74 Å². The molecule has 1 rings (SSSR count). The lowest BCUT2D eigenvalue weighted by Crippen LogP contribution is -2.39. The number of carbonyl (C=O) groups is 1. The molecule has 1 aromatic rings. The quantitative estimate of drug-likeness (QED) is 0.365. The van der Waals surface area contributed by atoms with Gasteiger partial charge in [-0.3, -0.25) is 9.79 Å². The molecule has 0 bridgehead atoms. The summed E-state index contributed by atoms with van der Waals surface area (Å²) < 4.78 is 5.97. The topological polar surface area (TPSA) is 74.8 Å². The number of halogens is 1. The monoisotopic (exact) mass is 384 g/mol. The summed E-state index contributed by atoms with van der Waals surface area (Å²) in [6.45, 7) is 6.39. The Bertz CT molecular complexity index is 535. The molecule has 0 fully saturated rings. The number of methoxy groups -OCH3 is 1. The summed E-state index contributed by atoms with van der Waals surface area (Å²) >= 11 is 3.41. The Labute approximate surface area is 146 Å². The van der Waals surface area contributed by atoms with Crippen LogP contribution >= 0.6 is 15.9 Å². The average Bonchev–Trinajstić information content (AvgIpc) is 2.50. The maximum absolute atomic E-state index is 12.0. The molecule has 0 saturated carbocycles. The van der Waals surface area contributed by atoms with Crippen molar-refractivity contribution >= 4 is 33.5 Å². The number of rotatable bonds is 8. The van der Waals surface area contributed by atoms with Crippen molar-refractivity contribution in [2.45, 2.75) is 20.3 Å². The van der Waals surface area contributed by atoms with Crippen LogP contribution in [-0.2, 0) is 9.53 Å². The van der Waals surface area contributed by atoms with Gasteiger partial charge in [-0.15, -0.1) is 0 Å². The average molecular weight is 385 g/mol. The van der Waals surface area contributed by atoms with Crippen molar-refractivity contribution in [2.24, 2.45) is 4.99 Å². The fraction of sp³-hybridized carbons (Fsp3) is 0.500. The molecule has 0 aliphatic heterocycles. The molecule has 128 valence electrons. The SMILES string of the molecule is CCNC(=NCCOC)NCCC(=O)Nc1ccc(Br)cc1C. The lowest BCUT2D eigenvalue weighted by atomic mass is 10.2. The fourth-order valence-corrected chi connectivity index (χ4v) is 2.34. The highest BCUT2D eigenvalue weighted by molar-refractivity contribution is 9.10. The van der Waals surface area contributed by atoms with Gasteiger partial charge < -0.3 is 20.7 Å². The lowest BCUT2D eigenvalue weighted by Gasteiger charge is -2.12. The third-order valence-electron chi connectivity index (χ3n) is 3.02. The van der Waals surface area contributed by atoms with Crippen molar-refractivity contribution in [1.82, 2.24) is 10.6 Å². The zero-order chi connectivity index (χ0) is 17.1. The number of benzene rings is 1. The second kappa shape index (κ2) is 11.0. The van der Waals surface area contributed by atoms with E-state index in [1.165, 1.54) is 0 Å². The van der Waals surface area contributed by atoms with Crippen molar-refractivity contribution in [1.29, 1.82) is 0 Å². The molecule has 0 heterocycles. The fourth-order valence-electron chi connectivity index (χ4n) is 1.86. The molecule has 0 aliphatic carbocycles. The maximum Gasteiger partial charge on any atom is 0.226 e. The van der Waals surface area contributed by atoms with Gasteiger partial charge in [0.15, 0.2) is 5.96 Å². The number of hydrogen-bond donors (Lipinski definition) is 3. The first-order valence-electron chi connectivity index (χ1n) is 7.64. The standard InChI is InChI=1S/C16H25BrN4O2/c1-4-18-16(20-9-10-23-3)19-8-7-15(22)21-14-6-5-13(17)11-12(14)2/h5-6,11H,4,7-10H2,1-3H3,(H,21,22)(H2,18,19,20). The molecule has 7 heteroatoms. The van der Waals surface area contributed by atoms with Crippen LogP contribution in [-0.4, -0.2) is 45.2 Å². The van der Waals surface area contributed by atoms with Gasteiger partial charge in [-0.05, 0) is 37.6 Å². The van der Waals surface area contributed by atoms with Crippen molar-refractivity contribution in [3.05, 3.63) is 28.2 Å². The van der Waals surface area contributed by atoms with Gasteiger partial charge in [-0.2, -0.15) is 0 Å². The molecule has 3 N–H and O–H groups in total. The highest BCUT2D eigenvalue weighted by atomic mass is 79.9. The first-order chi connectivity index (χ1) is 11.1. The number of anilines is 1. The van der Waals surface area contributed by atoms with E-state index >= 15 is 0 Å². The largest absolute Gasteiger partial charge is 0.383 e. The molecule has 0 aliphatic rings. The maximum atomic E-state index is 12.0. The number of nitrogens with one attached hydrogen (secondary N) is 3. The van der Waals surface area contributed by atoms with Gasteiger partial charge in [0.1, 0.15) is 0 Å². The Morgan fingerprint density at radius 3 is 2.78 bits per heavy atom. The van der Waals surface area contributed by atoms with Crippen LogP contribution in [0.3, 0.4) is 0 Å². The first kappa shape index (κ1) is 19.4. The second-order valence-corrected chi connectivity index (χ2v) is 5.85. The predicted octanol–water partition coefficient (Wildman–Crippen LogP) is 2.29. The van der Waals surface area contributed by atoms with E-state index in [0.29, 0.717) is 32.1 Å². The summed E-state index contributed by atoms with van der Waals surface area (Å²) in [6, 6.07) is 5.77. The van der Waals surface area contributed by atoms with E-state index in [0.717, 1.165) is 22.3 Å². The number of hydrogen-bond acceptors (Lipinski definition) is 3. The molecule has 0 radical (unpaired) electrons. The summed E-state index contributed by atoms with van der Waals surface area (Å²) in [5.41, 5.74) is 1.86. The minimum Gasteiger partial charge on any atom is -0.383 e. The first-order valence-corrected chi connectivity index (χ1v) is 8.43. The third-order valence-corrected chi connectivity index (χ3v) is 3.51. The number of ether oxygens (including phenoxy) is 1. The van der Waals surface area contributed by atoms with Crippen molar-refractivity contribution in [2.75, 3.05) is 38.7 Å². The van der Waals surface area contributed by atoms with Crippen molar-refractivity contribution < 1.29 is 9.53 Å². The number of aryl methyl sites for hydroxylation is 1. The van der Waals surface area contributed by atoms with Crippen molar-refractivity contribution in [3.8, 4) is 0 Å². The Morgan fingerprint density at radius 2 is 2.13 bits per heavy atom. The lowest BCUT2D eigenvalue weighted by molar-refractivity contribution is -0.116. The molecule has 1 amide bonds. The van der Waals surface area contributed by atoms with Gasteiger partial charge in [0.2, 0.25) is 5.91 Å². The molecule has 23 heavy (non-hydrogen) atoms. The Kier molecular flexibility index (Phi) is 9.31. The minimum atomic E-state index is -0.0318. The van der Waals surface area contributed by atoms with Crippen LogP contribution in [0.5, 0.6) is 0 Å². The van der Waals surface area contributed by atoms with Gasteiger partial charge >= 0.3 is 0 Å². The van der Waals surface area contributed by atoms with Crippen LogP contribution in [0, 0.1) is 6.92 Å². The van der Waals surface area contributed by atoms with Crippen LogP contribution < -0.4 is 16.0 Å². The van der Waals surface area contributed by atoms with E-state index in [1.807, 2.05) is 32.0 Å². The molecule has 0 unspecified atom stereocenters. The summed E-state index contributed by atoms with van der Waals surface area (Å²) in [4.78, 5) is 16.3. The van der Waals surface area contributed by atoms with Gasteiger partial charge in [-0.25, -0.2) is 0 Å². The van der Waals surface area contributed by atoms with Crippen LogP contribution in [0.15, 0.2) is 27.7 Å². The molecular formula is C16H25BrN4O2. The Balaban J connectivity index is 2.40. The molecule has 0 atom stereocenters. The zero-order valence-corrected chi connectivity index (χ0v) is 15.5. The smallest absolute Gasteiger partial charge is 0.226 e. The number of guanidine groups is 1. The van der Waals surface area contributed by atoms with Crippen LogP contribution in [0.25, 0.3) is 0 Å². The van der Waals surface area contributed by atoms with E-state index in [-0.39, 0.29) is 5.91 Å². The number of carbonyl (C=O) groups excluding carboxylic acids is 1. The van der Waals surface area contributed by atoms with Crippen LogP contribution in [0.4, 0.5) is 5.69 Å². The molecule has 1 aromatic carbocycles. The van der Waals surface area contributed by atoms with Gasteiger partial charge in [-0.1, -0.05) is 15.9 Å². The van der Waals surface area contributed by atoms with E-state index in [2.05, 4.69) is 36.9 Å². The Morgan fingerprint density at radius 1 is 1.35 bits per heavy atom. The summed E-state index contributed by atoms with van der Waals surface area (Å²) in [5.74, 6) is 0.660. The van der Waals surface area contributed by atoms with Crippen molar-refractivity contribution in [3.63, 3.8) is 0 Å². The predicted molar refractivity (Wildman–Crippen MR) is 98.0 cm³/mol. The normalized spacial score (nSPS) is 11.2. The summed E-state index contributed by atoms with van der Waals surface area (Å²) in [6.07, 6.45) is 0.365. The zero-order valence-electron chi connectivity index (χ0n) is 13.9. The van der Waals surface area contributed by atoms with E-state index < -0.39 is 0 Å².